The van der Waals surface area contributed by atoms with E-state index in [0.29, 0.717) is 0 Å². The maximum atomic E-state index is 6.82. The largest absolute Gasteiger partial charge is 0.439 e. The Bertz CT molecular complexity index is 2350. The summed E-state index contributed by atoms with van der Waals surface area (Å²) in [6.45, 7) is 0. The van der Waals surface area contributed by atoms with Crippen LogP contribution in [-0.2, 0) is 0 Å². The highest BCUT2D eigenvalue weighted by atomic mass is 16.3. The summed E-state index contributed by atoms with van der Waals surface area (Å²) in [6, 6.07) is 60.0. The van der Waals surface area contributed by atoms with Crippen LogP contribution >= 0.6 is 0 Å². The average molecular weight is 577 g/mol. The van der Waals surface area contributed by atoms with Crippen LogP contribution in [0, 0.1) is 0 Å². The van der Waals surface area contributed by atoms with Crippen molar-refractivity contribution < 1.29 is 4.42 Å². The van der Waals surface area contributed by atoms with Crippen LogP contribution in [0.4, 0.5) is 0 Å². The molecule has 9 rings (SSSR count). The van der Waals surface area contributed by atoms with Crippen LogP contribution in [-0.4, -0.2) is 9.13 Å². The van der Waals surface area contributed by atoms with E-state index >= 15 is 0 Å². The average Bonchev–Trinajstić information content (AvgIpc) is 3.77. The fourth-order valence-electron chi connectivity index (χ4n) is 6.88. The van der Waals surface area contributed by atoms with Crippen molar-refractivity contribution in [2.45, 2.75) is 0 Å². The molecule has 0 aliphatic heterocycles. The number of aromatic nitrogens is 2. The van der Waals surface area contributed by atoms with E-state index in [4.69, 9.17) is 4.42 Å². The van der Waals surface area contributed by atoms with Crippen LogP contribution < -0.4 is 0 Å². The monoisotopic (exact) mass is 576 g/mol. The zero-order valence-corrected chi connectivity index (χ0v) is 24.5. The molecule has 0 amide bonds. The van der Waals surface area contributed by atoms with E-state index in [-0.39, 0.29) is 0 Å². The quantitative estimate of drug-likeness (QED) is 0.200. The zero-order valence-electron chi connectivity index (χ0n) is 24.5. The third-order valence-corrected chi connectivity index (χ3v) is 8.73. The lowest BCUT2D eigenvalue weighted by Crippen LogP contribution is -2.01. The van der Waals surface area contributed by atoms with Crippen LogP contribution in [0.15, 0.2) is 174 Å². The SMILES string of the molecule is c1ccc(-c2c(-n3c4ccccc4c4c5ccccc5oc43)c(-c3ccccc3)n(-c3ccccc3)c2-c2ccccc2)cc1. The van der Waals surface area contributed by atoms with Gasteiger partial charge in [-0.05, 0) is 35.4 Å². The second-order valence-electron chi connectivity index (χ2n) is 11.3. The van der Waals surface area contributed by atoms with Crippen molar-refractivity contribution >= 4 is 33.0 Å². The van der Waals surface area contributed by atoms with Crippen molar-refractivity contribution in [3.05, 3.63) is 170 Å². The highest BCUT2D eigenvalue weighted by molar-refractivity contribution is 6.20. The van der Waals surface area contributed by atoms with Gasteiger partial charge in [-0.3, -0.25) is 4.57 Å². The molecule has 0 spiro atoms. The Morgan fingerprint density at radius 3 is 1.58 bits per heavy atom. The van der Waals surface area contributed by atoms with E-state index in [1.165, 1.54) is 5.39 Å². The lowest BCUT2D eigenvalue weighted by atomic mass is 9.98. The van der Waals surface area contributed by atoms with Gasteiger partial charge in [-0.25, -0.2) is 0 Å². The van der Waals surface area contributed by atoms with E-state index in [2.05, 4.69) is 173 Å². The van der Waals surface area contributed by atoms with Gasteiger partial charge in [0.2, 0.25) is 5.71 Å². The third kappa shape index (κ3) is 3.91. The molecule has 0 aliphatic carbocycles. The molecule has 0 radical (unpaired) electrons. The van der Waals surface area contributed by atoms with Crippen molar-refractivity contribution in [2.75, 3.05) is 0 Å². The van der Waals surface area contributed by atoms with Gasteiger partial charge in [0.15, 0.2) is 0 Å². The molecule has 0 saturated heterocycles. The Labute approximate surface area is 260 Å². The molecule has 3 nitrogen and oxygen atoms in total. The van der Waals surface area contributed by atoms with Gasteiger partial charge >= 0.3 is 0 Å². The van der Waals surface area contributed by atoms with Gasteiger partial charge in [-0.1, -0.05) is 146 Å². The van der Waals surface area contributed by atoms with Crippen LogP contribution in [0.25, 0.3) is 78.0 Å². The summed E-state index contributed by atoms with van der Waals surface area (Å²) in [4.78, 5) is 0. The Morgan fingerprint density at radius 2 is 0.911 bits per heavy atom. The number of rotatable bonds is 5. The van der Waals surface area contributed by atoms with Gasteiger partial charge in [0.05, 0.1) is 28.0 Å². The highest BCUT2D eigenvalue weighted by Gasteiger charge is 2.31. The second kappa shape index (κ2) is 10.3. The Balaban J connectivity index is 1.58. The molecular formula is C42H28N2O. The van der Waals surface area contributed by atoms with Crippen molar-refractivity contribution in [1.29, 1.82) is 0 Å². The highest BCUT2D eigenvalue weighted by Crippen LogP contribution is 2.50. The number of fused-ring (bicyclic) bond motifs is 5. The maximum Gasteiger partial charge on any atom is 0.213 e. The molecule has 0 unspecified atom stereocenters. The van der Waals surface area contributed by atoms with Gasteiger partial charge in [0.25, 0.3) is 0 Å². The molecule has 0 aliphatic rings. The van der Waals surface area contributed by atoms with Crippen molar-refractivity contribution in [1.82, 2.24) is 9.13 Å². The van der Waals surface area contributed by atoms with Crippen LogP contribution in [0.1, 0.15) is 0 Å². The van der Waals surface area contributed by atoms with Crippen molar-refractivity contribution in [3.63, 3.8) is 0 Å². The van der Waals surface area contributed by atoms with E-state index < -0.39 is 0 Å². The predicted molar refractivity (Wildman–Crippen MR) is 186 cm³/mol. The molecule has 0 saturated carbocycles. The molecule has 0 atom stereocenters. The number of hydrogen-bond donors (Lipinski definition) is 0. The Morgan fingerprint density at radius 1 is 0.400 bits per heavy atom. The number of benzene rings is 6. The summed E-state index contributed by atoms with van der Waals surface area (Å²) < 4.78 is 11.6. The number of nitrogens with zero attached hydrogens (tertiary/aromatic N) is 2. The molecule has 3 heteroatoms. The van der Waals surface area contributed by atoms with Gasteiger partial charge < -0.3 is 8.98 Å². The number of furan rings is 1. The summed E-state index contributed by atoms with van der Waals surface area (Å²) in [6.07, 6.45) is 0. The summed E-state index contributed by atoms with van der Waals surface area (Å²) in [5, 5.41) is 3.42. The first-order valence-electron chi connectivity index (χ1n) is 15.3. The fraction of sp³-hybridized carbons (Fsp3) is 0. The van der Waals surface area contributed by atoms with Crippen LogP contribution in [0.5, 0.6) is 0 Å². The predicted octanol–water partition coefficient (Wildman–Crippen LogP) is 11.3. The van der Waals surface area contributed by atoms with Gasteiger partial charge in [-0.15, -0.1) is 0 Å². The normalized spacial score (nSPS) is 11.6. The summed E-state index contributed by atoms with van der Waals surface area (Å²) in [7, 11) is 0. The molecule has 212 valence electrons. The minimum absolute atomic E-state index is 0.844. The molecule has 3 aromatic heterocycles. The smallest absolute Gasteiger partial charge is 0.213 e. The minimum Gasteiger partial charge on any atom is -0.439 e. The Hall–Kier alpha value is -6.06. The molecule has 6 aromatic carbocycles. The van der Waals surface area contributed by atoms with Crippen LogP contribution in [0.3, 0.4) is 0 Å². The summed E-state index contributed by atoms with van der Waals surface area (Å²) in [5.74, 6) is 0. The molecule has 0 bridgehead atoms. The lowest BCUT2D eigenvalue weighted by molar-refractivity contribution is 0.645. The Kier molecular flexibility index (Phi) is 5.82. The summed E-state index contributed by atoms with van der Waals surface area (Å²) >= 11 is 0. The second-order valence-corrected chi connectivity index (χ2v) is 11.3. The molecule has 0 fully saturated rings. The topological polar surface area (TPSA) is 23.0 Å². The lowest BCUT2D eigenvalue weighted by Gasteiger charge is -2.16. The van der Waals surface area contributed by atoms with Gasteiger partial charge in [-0.2, -0.15) is 0 Å². The first kappa shape index (κ1) is 25.4. The van der Waals surface area contributed by atoms with Gasteiger partial charge in [0, 0.05) is 27.6 Å². The van der Waals surface area contributed by atoms with E-state index in [1.54, 1.807) is 0 Å². The molecule has 9 aromatic rings. The van der Waals surface area contributed by atoms with E-state index in [1.807, 2.05) is 6.07 Å². The van der Waals surface area contributed by atoms with Crippen molar-refractivity contribution in [2.24, 2.45) is 0 Å². The molecular weight excluding hydrogens is 548 g/mol. The first-order chi connectivity index (χ1) is 22.4. The minimum atomic E-state index is 0.844. The number of para-hydroxylation sites is 3. The first-order valence-corrected chi connectivity index (χ1v) is 15.3. The summed E-state index contributed by atoms with van der Waals surface area (Å²) in [5.41, 5.74) is 11.8. The number of hydrogen-bond acceptors (Lipinski definition) is 1. The van der Waals surface area contributed by atoms with Crippen molar-refractivity contribution in [3.8, 4) is 45.0 Å². The third-order valence-electron chi connectivity index (χ3n) is 8.73. The molecule has 45 heavy (non-hydrogen) atoms. The molecule has 3 heterocycles. The zero-order chi connectivity index (χ0) is 29.7. The van der Waals surface area contributed by atoms with E-state index in [0.717, 1.165) is 72.6 Å². The standard InChI is InChI=1S/C42H28N2O/c1-5-17-29(18-6-1)37-39(30-19-7-2-8-20-30)43(32-23-11-4-12-24-32)40(31-21-9-3-10-22-31)41(37)44-35-27-15-13-25-33(35)38-34-26-14-16-28-36(34)45-42(38)44/h1-28H. The molecule has 0 N–H and O–H groups in total. The van der Waals surface area contributed by atoms with E-state index in [9.17, 15) is 0 Å². The van der Waals surface area contributed by atoms with Crippen LogP contribution in [0.2, 0.25) is 0 Å². The fourth-order valence-corrected chi connectivity index (χ4v) is 6.88. The maximum absolute atomic E-state index is 6.82. The van der Waals surface area contributed by atoms with Gasteiger partial charge in [0.1, 0.15) is 5.58 Å².